The molecule has 2 heterocycles. The Bertz CT molecular complexity index is 2130. The average Bonchev–Trinajstić information content (AvgIpc) is 3.57. The van der Waals surface area contributed by atoms with Gasteiger partial charge in [-0.1, -0.05) is 96.7 Å². The van der Waals surface area contributed by atoms with Crippen LogP contribution >= 0.6 is 0 Å². The summed E-state index contributed by atoms with van der Waals surface area (Å²) in [4.78, 5) is 3.55. The van der Waals surface area contributed by atoms with Crippen LogP contribution in [0, 0.1) is 0 Å². The van der Waals surface area contributed by atoms with Crippen molar-refractivity contribution in [2.24, 2.45) is 0 Å². The first-order chi connectivity index (χ1) is 19.2. The van der Waals surface area contributed by atoms with Gasteiger partial charge in [0, 0.05) is 59.9 Å². The van der Waals surface area contributed by atoms with E-state index < -0.39 is 0 Å². The van der Waals surface area contributed by atoms with Crippen LogP contribution in [-0.2, 0) is 32.7 Å². The Labute approximate surface area is 256 Å². The summed E-state index contributed by atoms with van der Waals surface area (Å²) in [7, 11) is 1.66. The maximum absolute atomic E-state index is 10.1. The second-order valence-electron chi connectivity index (χ2n) is 9.59. The maximum atomic E-state index is 10.1. The van der Waals surface area contributed by atoms with Crippen LogP contribution in [0.15, 0.2) is 126 Å². The molecule has 1 radical (unpaired) electrons. The normalized spacial score (nSPS) is 11.0. The molecule has 0 unspecified atom stereocenters. The van der Waals surface area contributed by atoms with Crippen LogP contribution in [0.1, 0.15) is 0 Å². The first kappa shape index (κ1) is 26.1. The van der Waals surface area contributed by atoms with Crippen LogP contribution in [0.5, 0.6) is 5.75 Å². The van der Waals surface area contributed by atoms with Gasteiger partial charge >= 0.3 is 0 Å². The number of benzene rings is 6. The largest absolute Gasteiger partial charge is 0.684 e. The molecule has 0 saturated heterocycles. The van der Waals surface area contributed by atoms with E-state index in [1.165, 1.54) is 43.7 Å². The fourth-order valence-electron chi connectivity index (χ4n) is 5.45. The molecule has 2 N–H and O–H groups in total. The van der Waals surface area contributed by atoms with E-state index in [2.05, 4.69) is 95.2 Å². The number of aromatic amines is 1. The summed E-state index contributed by atoms with van der Waals surface area (Å²) in [5.74, 6) is 0.185. The van der Waals surface area contributed by atoms with Gasteiger partial charge in [0.2, 0.25) is 0 Å². The molecule has 0 fully saturated rings. The summed E-state index contributed by atoms with van der Waals surface area (Å²) in [5, 5.41) is 20.9. The molecule has 40 heavy (non-hydrogen) atoms. The Kier molecular flexibility index (Phi) is 7.06. The summed E-state index contributed by atoms with van der Waals surface area (Å²) in [6.07, 6.45) is 0. The van der Waals surface area contributed by atoms with E-state index in [-0.39, 0.29) is 38.5 Å². The van der Waals surface area contributed by atoms with E-state index in [0.29, 0.717) is 11.3 Å². The molecule has 0 atom stereocenters. The molecule has 0 amide bonds. The number of aromatic nitrogens is 1. The molecule has 0 aliphatic carbocycles. The molecule has 6 aromatic carbocycles. The van der Waals surface area contributed by atoms with Gasteiger partial charge in [-0.3, -0.25) is 0 Å². The third-order valence-corrected chi connectivity index (χ3v) is 7.33. The minimum absolute atomic E-state index is 0. The SMILES string of the molecule is C[N-]c1ccc2oc3ccccc3c2c1O.[Y].c1ccc(-c2ccc3[nH]c4ccc5ccccc5c4c3c2)cc1. The standard InChI is InChI=1S/C22H15N.C13H10NO2.Y/c1-2-6-15(7-3-1)17-11-12-20-19(14-17)22-18-9-5-4-8-16(18)10-13-21(22)23-20;1-14-9-6-7-11-12(13(9)15)8-4-2-3-5-10(8)16-11;/h1-14,23H;2-7,15H,1H3;/q;-1;. The summed E-state index contributed by atoms with van der Waals surface area (Å²) >= 11 is 0. The third kappa shape index (κ3) is 4.44. The van der Waals surface area contributed by atoms with Crippen molar-refractivity contribution in [3.63, 3.8) is 0 Å². The van der Waals surface area contributed by atoms with Gasteiger partial charge in [0.05, 0.1) is 5.39 Å². The molecule has 0 aliphatic heterocycles. The molecule has 191 valence electrons. The Hall–Kier alpha value is -4.12. The molecule has 0 aliphatic rings. The number of hydrogen-bond donors (Lipinski definition) is 2. The van der Waals surface area contributed by atoms with Crippen molar-refractivity contribution < 1.29 is 42.2 Å². The van der Waals surface area contributed by atoms with Gasteiger partial charge in [-0.05, 0) is 52.2 Å². The second kappa shape index (κ2) is 10.8. The van der Waals surface area contributed by atoms with Crippen LogP contribution < -0.4 is 0 Å². The molecule has 0 spiro atoms. The summed E-state index contributed by atoms with van der Waals surface area (Å²) < 4.78 is 5.63. The summed E-state index contributed by atoms with van der Waals surface area (Å²) in [6, 6.07) is 41.4. The number of nitrogens with one attached hydrogen (secondary N) is 1. The minimum Gasteiger partial charge on any atom is -0.684 e. The number of nitrogens with zero attached hydrogens (tertiary/aromatic N) is 1. The van der Waals surface area contributed by atoms with Crippen molar-refractivity contribution in [2.75, 3.05) is 7.05 Å². The van der Waals surface area contributed by atoms with Crippen LogP contribution in [0.25, 0.3) is 71.0 Å². The van der Waals surface area contributed by atoms with Gasteiger partial charge in [0.1, 0.15) is 16.9 Å². The molecule has 8 aromatic rings. The molecule has 0 bridgehead atoms. The molecule has 8 rings (SSSR count). The number of para-hydroxylation sites is 1. The molecule has 5 heteroatoms. The van der Waals surface area contributed by atoms with Gasteiger partial charge in [0.15, 0.2) is 0 Å². The van der Waals surface area contributed by atoms with E-state index in [4.69, 9.17) is 4.42 Å². The zero-order valence-electron chi connectivity index (χ0n) is 21.9. The number of furan rings is 1. The van der Waals surface area contributed by atoms with Crippen molar-refractivity contribution in [1.29, 1.82) is 0 Å². The van der Waals surface area contributed by atoms with Crippen LogP contribution in [-0.4, -0.2) is 17.1 Å². The monoisotopic (exact) mass is 594 g/mol. The fraction of sp³-hybridized carbons (Fsp3) is 0.0286. The van der Waals surface area contributed by atoms with Gasteiger partial charge in [-0.25, -0.2) is 0 Å². The predicted octanol–water partition coefficient (Wildman–Crippen LogP) is 10.1. The molecule has 0 saturated carbocycles. The van der Waals surface area contributed by atoms with Gasteiger partial charge in [-0.15, -0.1) is 7.05 Å². The number of rotatable bonds is 2. The Morgan fingerprint density at radius 2 is 1.32 bits per heavy atom. The van der Waals surface area contributed by atoms with Crippen molar-refractivity contribution >= 4 is 60.2 Å². The van der Waals surface area contributed by atoms with Crippen LogP contribution in [0.3, 0.4) is 0 Å². The number of H-pyrrole nitrogens is 1. The van der Waals surface area contributed by atoms with E-state index in [9.17, 15) is 5.11 Å². The van der Waals surface area contributed by atoms with E-state index in [0.717, 1.165) is 16.4 Å². The number of phenolic OH excluding ortho intramolecular Hbond substituents is 1. The van der Waals surface area contributed by atoms with E-state index in [1.54, 1.807) is 13.1 Å². The first-order valence-corrected chi connectivity index (χ1v) is 12.9. The number of aromatic hydroxyl groups is 1. The van der Waals surface area contributed by atoms with E-state index in [1.807, 2.05) is 30.3 Å². The Balaban J connectivity index is 0.000000150. The number of hydrogen-bond acceptors (Lipinski definition) is 2. The van der Waals surface area contributed by atoms with Gasteiger partial charge in [0.25, 0.3) is 0 Å². The van der Waals surface area contributed by atoms with Crippen LogP contribution in [0.4, 0.5) is 5.69 Å². The average molecular weight is 595 g/mol. The predicted molar refractivity (Wildman–Crippen MR) is 163 cm³/mol. The molecular formula is C35H25N2O2Y-. The second-order valence-corrected chi connectivity index (χ2v) is 9.59. The zero-order chi connectivity index (χ0) is 26.3. The van der Waals surface area contributed by atoms with Crippen LogP contribution in [0.2, 0.25) is 0 Å². The Morgan fingerprint density at radius 3 is 2.15 bits per heavy atom. The Morgan fingerprint density at radius 1 is 0.600 bits per heavy atom. The van der Waals surface area contributed by atoms with Crippen molar-refractivity contribution in [3.8, 4) is 16.9 Å². The smallest absolute Gasteiger partial charge is 0.139 e. The number of phenols is 1. The quantitative estimate of drug-likeness (QED) is 0.209. The third-order valence-electron chi connectivity index (χ3n) is 7.33. The first-order valence-electron chi connectivity index (χ1n) is 12.9. The molecule has 4 nitrogen and oxygen atoms in total. The summed E-state index contributed by atoms with van der Waals surface area (Å²) in [6.45, 7) is 0. The van der Waals surface area contributed by atoms with Gasteiger partial charge < -0.3 is 19.8 Å². The zero-order valence-corrected chi connectivity index (χ0v) is 24.8. The minimum atomic E-state index is 0. The van der Waals surface area contributed by atoms with Crippen molar-refractivity contribution in [1.82, 2.24) is 4.98 Å². The van der Waals surface area contributed by atoms with Crippen molar-refractivity contribution in [2.45, 2.75) is 0 Å². The molecule has 2 aromatic heterocycles. The molecular weight excluding hydrogens is 569 g/mol. The fourth-order valence-corrected chi connectivity index (χ4v) is 5.45. The topological polar surface area (TPSA) is 63.3 Å². The number of fused-ring (bicyclic) bond motifs is 8. The maximum Gasteiger partial charge on any atom is 0.139 e. The summed E-state index contributed by atoms with van der Waals surface area (Å²) in [5.41, 5.74) is 6.95. The van der Waals surface area contributed by atoms with E-state index >= 15 is 0 Å². The van der Waals surface area contributed by atoms with Crippen molar-refractivity contribution in [3.05, 3.63) is 127 Å². The van der Waals surface area contributed by atoms with Gasteiger partial charge in [-0.2, -0.15) is 0 Å².